The van der Waals surface area contributed by atoms with Crippen molar-refractivity contribution in [1.82, 2.24) is 14.9 Å². The first-order valence-electron chi connectivity index (χ1n) is 9.02. The Labute approximate surface area is 162 Å². The number of rotatable bonds is 6. The monoisotopic (exact) mass is 379 g/mol. The van der Waals surface area contributed by atoms with E-state index in [4.69, 9.17) is 0 Å². The number of carbonyl (C=O) groups is 2. The van der Waals surface area contributed by atoms with E-state index in [0.717, 1.165) is 34.0 Å². The van der Waals surface area contributed by atoms with E-state index >= 15 is 0 Å². The first-order chi connectivity index (χ1) is 13.0. The number of nitrogens with one attached hydrogen (secondary N) is 1. The van der Waals surface area contributed by atoms with Gasteiger partial charge in [0, 0.05) is 29.9 Å². The van der Waals surface area contributed by atoms with Crippen molar-refractivity contribution < 1.29 is 9.59 Å². The molecule has 4 rings (SSSR count). The highest BCUT2D eigenvalue weighted by Gasteiger charge is 2.35. The van der Waals surface area contributed by atoms with Gasteiger partial charge < -0.3 is 9.88 Å². The van der Waals surface area contributed by atoms with Crippen LogP contribution >= 0.6 is 11.3 Å². The highest BCUT2D eigenvalue weighted by molar-refractivity contribution is 7.17. The molecule has 6 heteroatoms. The number of thiophene rings is 1. The maximum Gasteiger partial charge on any atom is 0.251 e. The molecule has 1 N–H and O–H groups in total. The van der Waals surface area contributed by atoms with Crippen LogP contribution in [0.2, 0.25) is 0 Å². The molecular formula is C21H21N3O2S. The molecule has 1 amide bonds. The molecule has 2 heterocycles. The third-order valence-electron chi connectivity index (χ3n) is 4.90. The van der Waals surface area contributed by atoms with Gasteiger partial charge in [0.15, 0.2) is 5.78 Å². The molecule has 1 unspecified atom stereocenters. The summed E-state index contributed by atoms with van der Waals surface area (Å²) >= 11 is 1.47. The van der Waals surface area contributed by atoms with Crippen molar-refractivity contribution in [3.05, 3.63) is 65.1 Å². The number of benzene rings is 1. The van der Waals surface area contributed by atoms with E-state index in [-0.39, 0.29) is 17.7 Å². The van der Waals surface area contributed by atoms with Gasteiger partial charge >= 0.3 is 0 Å². The van der Waals surface area contributed by atoms with Gasteiger partial charge in [-0.2, -0.15) is 0 Å². The van der Waals surface area contributed by atoms with Crippen molar-refractivity contribution in [2.24, 2.45) is 13.0 Å². The maximum absolute atomic E-state index is 12.7. The van der Waals surface area contributed by atoms with E-state index in [1.807, 2.05) is 54.2 Å². The summed E-state index contributed by atoms with van der Waals surface area (Å²) in [6, 6.07) is 11.3. The van der Waals surface area contributed by atoms with Crippen LogP contribution in [0.15, 0.2) is 48.8 Å². The summed E-state index contributed by atoms with van der Waals surface area (Å²) < 4.78 is 1.97. The van der Waals surface area contributed by atoms with Gasteiger partial charge in [0.1, 0.15) is 5.82 Å². The summed E-state index contributed by atoms with van der Waals surface area (Å²) in [6.07, 6.45) is 5.91. The Balaban J connectivity index is 1.50. The number of nitrogens with zero attached hydrogens (tertiary/aromatic N) is 2. The molecule has 1 aliphatic carbocycles. The Kier molecular flexibility index (Phi) is 4.66. The van der Waals surface area contributed by atoms with Gasteiger partial charge in [-0.1, -0.05) is 12.1 Å². The lowest BCUT2D eigenvalue weighted by molar-refractivity contribution is 0.0928. The Hall–Kier alpha value is -2.73. The molecule has 1 aliphatic rings. The van der Waals surface area contributed by atoms with Crippen LogP contribution < -0.4 is 5.32 Å². The number of hydrogen-bond acceptors (Lipinski definition) is 4. The SMILES string of the molecule is CC(=O)c1ccc(-c2ccc(C(=O)NC(c3nccn3C)C3CC3)cc2)s1. The summed E-state index contributed by atoms with van der Waals surface area (Å²) in [5.41, 5.74) is 1.63. The zero-order chi connectivity index (χ0) is 19.0. The number of aromatic nitrogens is 2. The Morgan fingerprint density at radius 3 is 2.48 bits per heavy atom. The summed E-state index contributed by atoms with van der Waals surface area (Å²) in [6.45, 7) is 1.57. The van der Waals surface area contributed by atoms with E-state index in [1.165, 1.54) is 11.3 Å². The number of imidazole rings is 1. The third kappa shape index (κ3) is 3.71. The fourth-order valence-corrected chi connectivity index (χ4v) is 4.10. The van der Waals surface area contributed by atoms with Crippen LogP contribution in [0.4, 0.5) is 0 Å². The molecule has 0 saturated heterocycles. The molecule has 138 valence electrons. The number of ketones is 1. The quantitative estimate of drug-likeness (QED) is 0.652. The van der Waals surface area contributed by atoms with Crippen LogP contribution in [0.25, 0.3) is 10.4 Å². The summed E-state index contributed by atoms with van der Waals surface area (Å²) in [4.78, 5) is 30.4. The Morgan fingerprint density at radius 1 is 1.19 bits per heavy atom. The topological polar surface area (TPSA) is 64.0 Å². The van der Waals surface area contributed by atoms with Crippen molar-refractivity contribution in [2.75, 3.05) is 0 Å². The van der Waals surface area contributed by atoms with Crippen molar-refractivity contribution >= 4 is 23.0 Å². The first kappa shape index (κ1) is 17.7. The predicted octanol–water partition coefficient (Wildman–Crippen LogP) is 4.23. The van der Waals surface area contributed by atoms with Crippen LogP contribution in [0, 0.1) is 5.92 Å². The second-order valence-corrected chi connectivity index (χ2v) is 8.07. The molecule has 1 saturated carbocycles. The summed E-state index contributed by atoms with van der Waals surface area (Å²) in [7, 11) is 1.95. The number of hydrogen-bond donors (Lipinski definition) is 1. The fourth-order valence-electron chi connectivity index (χ4n) is 3.19. The number of amides is 1. The molecule has 3 aromatic rings. The van der Waals surface area contributed by atoms with Gasteiger partial charge in [-0.3, -0.25) is 9.59 Å². The molecule has 27 heavy (non-hydrogen) atoms. The zero-order valence-electron chi connectivity index (χ0n) is 15.3. The van der Waals surface area contributed by atoms with Gasteiger partial charge in [-0.25, -0.2) is 4.98 Å². The largest absolute Gasteiger partial charge is 0.342 e. The van der Waals surface area contributed by atoms with Crippen LogP contribution in [0.1, 0.15) is 51.7 Å². The standard InChI is InChI=1S/C21H21N3O2S/c1-13(25)17-9-10-18(27-17)14-3-7-16(8-4-14)21(26)23-19(15-5-6-15)20-22-11-12-24(20)2/h3-4,7-12,15,19H,5-6H2,1-2H3,(H,23,26). The van der Waals surface area contributed by atoms with Gasteiger partial charge in [0.2, 0.25) is 0 Å². The molecule has 1 fully saturated rings. The molecule has 2 aromatic heterocycles. The molecule has 0 bridgehead atoms. The molecule has 0 spiro atoms. The highest BCUT2D eigenvalue weighted by Crippen LogP contribution is 2.40. The van der Waals surface area contributed by atoms with Crippen LogP contribution in [0.5, 0.6) is 0 Å². The van der Waals surface area contributed by atoms with Crippen molar-refractivity contribution in [3.8, 4) is 10.4 Å². The minimum atomic E-state index is -0.0861. The van der Waals surface area contributed by atoms with E-state index in [0.29, 0.717) is 11.5 Å². The summed E-state index contributed by atoms with van der Waals surface area (Å²) in [5, 5.41) is 3.15. The minimum absolute atomic E-state index is 0.0485. The molecule has 1 aromatic carbocycles. The Bertz CT molecular complexity index is 983. The second-order valence-electron chi connectivity index (χ2n) is 6.98. The van der Waals surface area contributed by atoms with Gasteiger partial charge in [-0.15, -0.1) is 11.3 Å². The maximum atomic E-state index is 12.7. The Morgan fingerprint density at radius 2 is 1.93 bits per heavy atom. The number of Topliss-reactive ketones (excluding diaryl/α,β-unsaturated/α-hetero) is 1. The van der Waals surface area contributed by atoms with Crippen LogP contribution in [-0.2, 0) is 7.05 Å². The lowest BCUT2D eigenvalue weighted by Crippen LogP contribution is -2.31. The van der Waals surface area contributed by atoms with E-state index < -0.39 is 0 Å². The second kappa shape index (κ2) is 7.12. The normalized spacial score (nSPS) is 14.7. The average molecular weight is 379 g/mol. The predicted molar refractivity (Wildman–Crippen MR) is 106 cm³/mol. The molecule has 1 atom stereocenters. The number of aryl methyl sites for hydroxylation is 1. The summed E-state index contributed by atoms with van der Waals surface area (Å²) in [5.74, 6) is 1.35. The lowest BCUT2D eigenvalue weighted by Gasteiger charge is -2.18. The molecule has 0 aliphatic heterocycles. The third-order valence-corrected chi connectivity index (χ3v) is 6.14. The molecule has 0 radical (unpaired) electrons. The van der Waals surface area contributed by atoms with E-state index in [1.54, 1.807) is 13.1 Å². The first-order valence-corrected chi connectivity index (χ1v) is 9.84. The van der Waals surface area contributed by atoms with Crippen LogP contribution in [0.3, 0.4) is 0 Å². The van der Waals surface area contributed by atoms with Crippen LogP contribution in [-0.4, -0.2) is 21.2 Å². The highest BCUT2D eigenvalue weighted by atomic mass is 32.1. The molecule has 5 nitrogen and oxygen atoms in total. The van der Waals surface area contributed by atoms with E-state index in [2.05, 4.69) is 10.3 Å². The van der Waals surface area contributed by atoms with Crippen molar-refractivity contribution in [1.29, 1.82) is 0 Å². The zero-order valence-corrected chi connectivity index (χ0v) is 16.1. The molecular weight excluding hydrogens is 358 g/mol. The lowest BCUT2D eigenvalue weighted by atomic mass is 10.1. The van der Waals surface area contributed by atoms with Gasteiger partial charge in [0.25, 0.3) is 5.91 Å². The smallest absolute Gasteiger partial charge is 0.251 e. The fraction of sp³-hybridized carbons (Fsp3) is 0.286. The minimum Gasteiger partial charge on any atom is -0.342 e. The van der Waals surface area contributed by atoms with Gasteiger partial charge in [0.05, 0.1) is 10.9 Å². The van der Waals surface area contributed by atoms with Gasteiger partial charge in [-0.05, 0) is 55.5 Å². The average Bonchev–Trinajstić information content (AvgIpc) is 3.22. The number of carbonyl (C=O) groups excluding carboxylic acids is 2. The van der Waals surface area contributed by atoms with Crippen molar-refractivity contribution in [2.45, 2.75) is 25.8 Å². The van der Waals surface area contributed by atoms with E-state index in [9.17, 15) is 9.59 Å². The van der Waals surface area contributed by atoms with Crippen molar-refractivity contribution in [3.63, 3.8) is 0 Å².